The van der Waals surface area contributed by atoms with Crippen LogP contribution in [0.15, 0.2) is 30.5 Å². The minimum atomic E-state index is -0.295. The van der Waals surface area contributed by atoms with Crippen molar-refractivity contribution in [3.05, 3.63) is 47.5 Å². The summed E-state index contributed by atoms with van der Waals surface area (Å²) in [7, 11) is 0. The van der Waals surface area contributed by atoms with Gasteiger partial charge in [-0.15, -0.1) is 12.4 Å². The highest BCUT2D eigenvalue weighted by Gasteiger charge is 2.20. The first kappa shape index (κ1) is 17.4. The fourth-order valence-corrected chi connectivity index (χ4v) is 2.71. The van der Waals surface area contributed by atoms with Crippen LogP contribution >= 0.6 is 12.4 Å². The van der Waals surface area contributed by atoms with Crippen molar-refractivity contribution in [2.75, 3.05) is 13.1 Å². The highest BCUT2D eigenvalue weighted by molar-refractivity contribution is 5.95. The van der Waals surface area contributed by atoms with E-state index in [1.807, 2.05) is 6.92 Å². The summed E-state index contributed by atoms with van der Waals surface area (Å²) in [5, 5.41) is 10.6. The summed E-state index contributed by atoms with van der Waals surface area (Å²) < 4.78 is 14.6. The average molecular weight is 339 g/mol. The molecule has 1 aromatic heterocycles. The van der Waals surface area contributed by atoms with Gasteiger partial charge in [-0.3, -0.25) is 4.79 Å². The number of rotatable bonds is 3. The largest absolute Gasteiger partial charge is 0.348 e. The molecule has 1 aliphatic heterocycles. The molecular weight excluding hydrogens is 319 g/mol. The van der Waals surface area contributed by atoms with E-state index in [1.165, 1.54) is 12.1 Å². The Morgan fingerprint density at radius 3 is 2.78 bits per heavy atom. The molecule has 1 aliphatic rings. The van der Waals surface area contributed by atoms with E-state index in [2.05, 4.69) is 15.7 Å². The summed E-state index contributed by atoms with van der Waals surface area (Å²) in [5.41, 5.74) is 2.03. The molecule has 2 heterocycles. The van der Waals surface area contributed by atoms with Gasteiger partial charge in [-0.25, -0.2) is 9.07 Å². The zero-order chi connectivity index (χ0) is 15.5. The zero-order valence-corrected chi connectivity index (χ0v) is 13.7. The van der Waals surface area contributed by atoms with Gasteiger partial charge in [0.1, 0.15) is 5.82 Å². The van der Waals surface area contributed by atoms with Crippen molar-refractivity contribution in [1.29, 1.82) is 0 Å². The number of hydrogen-bond acceptors (Lipinski definition) is 3. The zero-order valence-electron chi connectivity index (χ0n) is 12.9. The monoisotopic (exact) mass is 338 g/mol. The first-order chi connectivity index (χ1) is 10.6. The topological polar surface area (TPSA) is 59.0 Å². The molecule has 23 heavy (non-hydrogen) atoms. The Hall–Kier alpha value is -1.92. The van der Waals surface area contributed by atoms with Gasteiger partial charge in [0.05, 0.1) is 23.1 Å². The number of halogens is 2. The highest BCUT2D eigenvalue weighted by atomic mass is 35.5. The molecule has 0 bridgehead atoms. The van der Waals surface area contributed by atoms with Crippen molar-refractivity contribution in [2.24, 2.45) is 0 Å². The Morgan fingerprint density at radius 2 is 2.13 bits per heavy atom. The Kier molecular flexibility index (Phi) is 5.74. The second-order valence-corrected chi connectivity index (χ2v) is 5.55. The number of piperidine rings is 1. The molecule has 5 nitrogen and oxygen atoms in total. The van der Waals surface area contributed by atoms with Crippen molar-refractivity contribution in [3.63, 3.8) is 0 Å². The van der Waals surface area contributed by atoms with E-state index in [0.717, 1.165) is 37.3 Å². The van der Waals surface area contributed by atoms with Gasteiger partial charge in [0.25, 0.3) is 5.91 Å². The number of nitrogens with one attached hydrogen (secondary N) is 2. The van der Waals surface area contributed by atoms with Gasteiger partial charge >= 0.3 is 0 Å². The number of carbonyl (C=O) groups is 1. The van der Waals surface area contributed by atoms with Gasteiger partial charge in [0.15, 0.2) is 0 Å². The molecule has 1 fully saturated rings. The summed E-state index contributed by atoms with van der Waals surface area (Å²) in [4.78, 5) is 12.4. The third kappa shape index (κ3) is 3.89. The van der Waals surface area contributed by atoms with Crippen LogP contribution in [0.4, 0.5) is 4.39 Å². The quantitative estimate of drug-likeness (QED) is 0.902. The lowest BCUT2D eigenvalue weighted by molar-refractivity contribution is 0.0930. The van der Waals surface area contributed by atoms with E-state index in [-0.39, 0.29) is 30.2 Å². The molecule has 3 rings (SSSR count). The number of aromatic nitrogens is 2. The number of hydrogen-bond donors (Lipinski definition) is 2. The lowest BCUT2D eigenvalue weighted by Crippen LogP contribution is -2.45. The number of nitrogens with zero attached hydrogens (tertiary/aromatic N) is 2. The van der Waals surface area contributed by atoms with E-state index in [1.54, 1.807) is 23.0 Å². The smallest absolute Gasteiger partial charge is 0.255 e. The van der Waals surface area contributed by atoms with Crippen LogP contribution in [0, 0.1) is 12.7 Å². The molecule has 2 aromatic rings. The highest BCUT2D eigenvalue weighted by Crippen LogP contribution is 2.15. The summed E-state index contributed by atoms with van der Waals surface area (Å²) in [6, 6.07) is 6.20. The first-order valence-corrected chi connectivity index (χ1v) is 7.47. The first-order valence-electron chi connectivity index (χ1n) is 7.47. The van der Waals surface area contributed by atoms with E-state index in [9.17, 15) is 9.18 Å². The maximum absolute atomic E-state index is 13.0. The Balaban J connectivity index is 0.00000192. The van der Waals surface area contributed by atoms with Gasteiger partial charge in [-0.2, -0.15) is 5.10 Å². The Labute approximate surface area is 140 Å². The van der Waals surface area contributed by atoms with E-state index < -0.39 is 0 Å². The SMILES string of the molecule is Cc1c(C(=O)NC2CCCNC2)cnn1-c1ccc(F)cc1.Cl. The van der Waals surface area contributed by atoms with Crippen LogP contribution in [0.5, 0.6) is 0 Å². The van der Waals surface area contributed by atoms with Gasteiger partial charge in [-0.1, -0.05) is 0 Å². The maximum atomic E-state index is 13.0. The summed E-state index contributed by atoms with van der Waals surface area (Å²) in [6.45, 7) is 3.65. The molecule has 124 valence electrons. The van der Waals surface area contributed by atoms with Crippen LogP contribution in [0.3, 0.4) is 0 Å². The molecular formula is C16H20ClFN4O. The normalized spacial score (nSPS) is 17.4. The molecule has 1 amide bonds. The Morgan fingerprint density at radius 1 is 1.39 bits per heavy atom. The molecule has 2 N–H and O–H groups in total. The van der Waals surface area contributed by atoms with Gasteiger partial charge < -0.3 is 10.6 Å². The average Bonchev–Trinajstić information content (AvgIpc) is 2.91. The van der Waals surface area contributed by atoms with Crippen LogP contribution in [0.25, 0.3) is 5.69 Å². The lowest BCUT2D eigenvalue weighted by atomic mass is 10.1. The third-order valence-electron chi connectivity index (χ3n) is 3.96. The molecule has 1 aromatic carbocycles. The minimum Gasteiger partial charge on any atom is -0.348 e. The van der Waals surface area contributed by atoms with Crippen LogP contribution in [0.2, 0.25) is 0 Å². The molecule has 0 aliphatic carbocycles. The van der Waals surface area contributed by atoms with Crippen LogP contribution in [-0.2, 0) is 0 Å². The van der Waals surface area contributed by atoms with Crippen molar-refractivity contribution in [3.8, 4) is 5.69 Å². The Bertz CT molecular complexity index is 665. The van der Waals surface area contributed by atoms with Crippen LogP contribution in [0.1, 0.15) is 28.9 Å². The second kappa shape index (κ2) is 7.57. The van der Waals surface area contributed by atoms with Crippen molar-refractivity contribution >= 4 is 18.3 Å². The fourth-order valence-electron chi connectivity index (χ4n) is 2.71. The standard InChI is InChI=1S/C16H19FN4O.ClH/c1-11-15(16(22)20-13-3-2-8-18-9-13)10-19-21(11)14-6-4-12(17)5-7-14;/h4-7,10,13,18H,2-3,8-9H2,1H3,(H,20,22);1H. The molecule has 7 heteroatoms. The van der Waals surface area contributed by atoms with Gasteiger partial charge in [-0.05, 0) is 50.6 Å². The van der Waals surface area contributed by atoms with Crippen molar-refractivity contribution < 1.29 is 9.18 Å². The van der Waals surface area contributed by atoms with Gasteiger partial charge in [0, 0.05) is 12.6 Å². The number of benzene rings is 1. The molecule has 0 saturated carbocycles. The van der Waals surface area contributed by atoms with E-state index in [0.29, 0.717) is 5.56 Å². The predicted molar refractivity (Wildman–Crippen MR) is 88.9 cm³/mol. The summed E-state index contributed by atoms with van der Waals surface area (Å²) in [5.74, 6) is -0.407. The van der Waals surface area contributed by atoms with Gasteiger partial charge in [0.2, 0.25) is 0 Å². The van der Waals surface area contributed by atoms with Crippen molar-refractivity contribution in [1.82, 2.24) is 20.4 Å². The van der Waals surface area contributed by atoms with Crippen LogP contribution in [-0.4, -0.2) is 34.8 Å². The third-order valence-corrected chi connectivity index (χ3v) is 3.96. The molecule has 1 atom stereocenters. The summed E-state index contributed by atoms with van der Waals surface area (Å²) in [6.07, 6.45) is 3.62. The van der Waals surface area contributed by atoms with E-state index >= 15 is 0 Å². The maximum Gasteiger partial charge on any atom is 0.255 e. The fraction of sp³-hybridized carbons (Fsp3) is 0.375. The predicted octanol–water partition coefficient (Wildman–Crippen LogP) is 2.22. The van der Waals surface area contributed by atoms with Crippen molar-refractivity contribution in [2.45, 2.75) is 25.8 Å². The molecule has 1 saturated heterocycles. The second-order valence-electron chi connectivity index (χ2n) is 5.55. The molecule has 0 radical (unpaired) electrons. The number of carbonyl (C=O) groups excluding carboxylic acids is 1. The molecule has 1 unspecified atom stereocenters. The lowest BCUT2D eigenvalue weighted by Gasteiger charge is -2.23. The van der Waals surface area contributed by atoms with E-state index in [4.69, 9.17) is 0 Å². The summed E-state index contributed by atoms with van der Waals surface area (Å²) >= 11 is 0. The minimum absolute atomic E-state index is 0. The van der Waals surface area contributed by atoms with Crippen LogP contribution < -0.4 is 10.6 Å². The molecule has 0 spiro atoms. The number of amides is 1.